The third kappa shape index (κ3) is 4.28. The van der Waals surface area contributed by atoms with Crippen LogP contribution in [0.25, 0.3) is 16.3 Å². The Bertz CT molecular complexity index is 1050. The van der Waals surface area contributed by atoms with E-state index in [1.807, 2.05) is 30.3 Å². The van der Waals surface area contributed by atoms with Gasteiger partial charge in [0.25, 0.3) is 5.91 Å². The van der Waals surface area contributed by atoms with E-state index in [0.717, 1.165) is 15.8 Å². The molecule has 1 aromatic heterocycles. The number of rotatable bonds is 4. The molecule has 0 radical (unpaired) electrons. The first kappa shape index (κ1) is 18.1. The highest BCUT2D eigenvalue weighted by Gasteiger charge is 2.11. The first-order valence-electron chi connectivity index (χ1n) is 7.74. The number of amides is 1. The van der Waals surface area contributed by atoms with Crippen LogP contribution in [0.5, 0.6) is 0 Å². The summed E-state index contributed by atoms with van der Waals surface area (Å²) in [6.07, 6.45) is 3.09. The van der Waals surface area contributed by atoms with Crippen LogP contribution in [0.1, 0.15) is 5.56 Å². The monoisotopic (exact) mass is 386 g/mol. The third-order valence-corrected chi connectivity index (χ3v) is 4.86. The number of nitrogens with zero attached hydrogens (tertiary/aromatic N) is 2. The van der Waals surface area contributed by atoms with Gasteiger partial charge >= 0.3 is 5.97 Å². The Morgan fingerprint density at radius 1 is 1.23 bits per heavy atom. The lowest BCUT2D eigenvalue weighted by molar-refractivity contribution is -0.141. The number of aromatic nitrogens is 1. The molecule has 0 bridgehead atoms. The molecule has 3 aromatic rings. The minimum Gasteiger partial charge on any atom is -0.468 e. The molecule has 7 heteroatoms. The zero-order chi connectivity index (χ0) is 18.5. The predicted molar refractivity (Wildman–Crippen MR) is 103 cm³/mol. The number of esters is 1. The van der Waals surface area contributed by atoms with Gasteiger partial charge < -0.3 is 9.30 Å². The fraction of sp³-hybridized carbons (Fsp3) is 0.105. The average molecular weight is 387 g/mol. The van der Waals surface area contributed by atoms with Gasteiger partial charge in [-0.05, 0) is 29.8 Å². The highest BCUT2D eigenvalue weighted by Crippen LogP contribution is 2.22. The smallest absolute Gasteiger partial charge is 0.325 e. The van der Waals surface area contributed by atoms with Gasteiger partial charge in [-0.1, -0.05) is 53.3 Å². The second-order valence-corrected chi connectivity index (χ2v) is 6.80. The largest absolute Gasteiger partial charge is 0.468 e. The average Bonchev–Trinajstić information content (AvgIpc) is 2.96. The third-order valence-electron chi connectivity index (χ3n) is 3.58. The topological polar surface area (TPSA) is 60.7 Å². The van der Waals surface area contributed by atoms with Gasteiger partial charge in [-0.15, -0.1) is 0 Å². The predicted octanol–water partition coefficient (Wildman–Crippen LogP) is 3.67. The van der Waals surface area contributed by atoms with E-state index in [0.29, 0.717) is 9.82 Å². The Balaban J connectivity index is 2.00. The SMILES string of the molecule is COC(=O)Cn1c(=NC(=O)C=Cc2ccccc2)sc2cc(Cl)ccc21. The summed E-state index contributed by atoms with van der Waals surface area (Å²) in [5.41, 5.74) is 1.67. The Labute approximate surface area is 158 Å². The molecular weight excluding hydrogens is 372 g/mol. The van der Waals surface area contributed by atoms with Gasteiger partial charge in [-0.3, -0.25) is 9.59 Å². The summed E-state index contributed by atoms with van der Waals surface area (Å²) in [7, 11) is 1.32. The van der Waals surface area contributed by atoms with E-state index in [9.17, 15) is 9.59 Å². The summed E-state index contributed by atoms with van der Waals surface area (Å²) >= 11 is 7.32. The van der Waals surface area contributed by atoms with Crippen LogP contribution in [-0.2, 0) is 20.9 Å². The van der Waals surface area contributed by atoms with Crippen molar-refractivity contribution in [3.8, 4) is 0 Å². The van der Waals surface area contributed by atoms with E-state index in [1.54, 1.807) is 28.8 Å². The number of thiazole rings is 1. The van der Waals surface area contributed by atoms with E-state index in [1.165, 1.54) is 24.5 Å². The van der Waals surface area contributed by atoms with Crippen molar-refractivity contribution in [3.05, 3.63) is 70.0 Å². The maximum Gasteiger partial charge on any atom is 0.325 e. The quantitative estimate of drug-likeness (QED) is 0.507. The molecular formula is C19H15ClN2O3S. The van der Waals surface area contributed by atoms with E-state index >= 15 is 0 Å². The molecule has 0 unspecified atom stereocenters. The molecule has 0 saturated heterocycles. The van der Waals surface area contributed by atoms with Crippen LogP contribution in [0, 0.1) is 0 Å². The molecule has 0 atom stereocenters. The van der Waals surface area contributed by atoms with Crippen molar-refractivity contribution in [1.29, 1.82) is 0 Å². The van der Waals surface area contributed by atoms with Crippen molar-refractivity contribution in [2.75, 3.05) is 7.11 Å². The lowest BCUT2D eigenvalue weighted by atomic mass is 10.2. The number of halogens is 1. The van der Waals surface area contributed by atoms with Crippen molar-refractivity contribution in [2.24, 2.45) is 4.99 Å². The molecule has 0 fully saturated rings. The summed E-state index contributed by atoms with van der Waals surface area (Å²) in [5.74, 6) is -0.835. The zero-order valence-electron chi connectivity index (χ0n) is 13.9. The van der Waals surface area contributed by atoms with Crippen molar-refractivity contribution in [1.82, 2.24) is 4.57 Å². The summed E-state index contributed by atoms with van der Waals surface area (Å²) in [4.78, 5) is 28.5. The molecule has 1 heterocycles. The second kappa shape index (κ2) is 8.12. The summed E-state index contributed by atoms with van der Waals surface area (Å²) in [6.45, 7) is -0.0351. The number of methoxy groups -OCH3 is 1. The molecule has 26 heavy (non-hydrogen) atoms. The van der Waals surface area contributed by atoms with Crippen LogP contribution < -0.4 is 4.80 Å². The first-order chi connectivity index (χ1) is 12.6. The molecule has 0 spiro atoms. The van der Waals surface area contributed by atoms with Gasteiger partial charge in [0.15, 0.2) is 4.80 Å². The summed E-state index contributed by atoms with van der Waals surface area (Å²) < 4.78 is 7.22. The normalized spacial score (nSPS) is 12.0. The maximum atomic E-state index is 12.2. The van der Waals surface area contributed by atoms with Gasteiger partial charge in [0, 0.05) is 11.1 Å². The van der Waals surface area contributed by atoms with Crippen molar-refractivity contribution in [3.63, 3.8) is 0 Å². The van der Waals surface area contributed by atoms with Crippen LogP contribution in [-0.4, -0.2) is 23.6 Å². The number of ether oxygens (including phenoxy) is 1. The Kier molecular flexibility index (Phi) is 5.65. The van der Waals surface area contributed by atoms with E-state index < -0.39 is 11.9 Å². The van der Waals surface area contributed by atoms with Crippen LogP contribution in [0.15, 0.2) is 59.6 Å². The summed E-state index contributed by atoms with van der Waals surface area (Å²) in [5, 5.41) is 0.575. The van der Waals surface area contributed by atoms with Gasteiger partial charge in [0.2, 0.25) is 0 Å². The number of carbonyl (C=O) groups excluding carboxylic acids is 2. The summed E-state index contributed by atoms with van der Waals surface area (Å²) in [6, 6.07) is 14.8. The minimum absolute atomic E-state index is 0.0351. The van der Waals surface area contributed by atoms with Gasteiger partial charge in [-0.25, -0.2) is 0 Å². The number of fused-ring (bicyclic) bond motifs is 1. The van der Waals surface area contributed by atoms with E-state index in [-0.39, 0.29) is 6.54 Å². The van der Waals surface area contributed by atoms with Crippen molar-refractivity contribution in [2.45, 2.75) is 6.54 Å². The molecule has 0 aliphatic carbocycles. The van der Waals surface area contributed by atoms with E-state index in [2.05, 4.69) is 4.99 Å². The molecule has 5 nitrogen and oxygen atoms in total. The Morgan fingerprint density at radius 2 is 2.00 bits per heavy atom. The van der Waals surface area contributed by atoms with Crippen LogP contribution >= 0.6 is 22.9 Å². The van der Waals surface area contributed by atoms with Gasteiger partial charge in [0.1, 0.15) is 6.54 Å². The lowest BCUT2D eigenvalue weighted by Gasteiger charge is -2.03. The van der Waals surface area contributed by atoms with Crippen molar-refractivity contribution >= 4 is 51.1 Å². The number of hydrogen-bond acceptors (Lipinski definition) is 4. The van der Waals surface area contributed by atoms with Crippen molar-refractivity contribution < 1.29 is 14.3 Å². The van der Waals surface area contributed by atoms with Gasteiger partial charge in [-0.2, -0.15) is 4.99 Å². The molecule has 0 N–H and O–H groups in total. The molecule has 2 aromatic carbocycles. The van der Waals surface area contributed by atoms with Crippen LogP contribution in [0.3, 0.4) is 0 Å². The van der Waals surface area contributed by atoms with Gasteiger partial charge in [0.05, 0.1) is 17.3 Å². The first-order valence-corrected chi connectivity index (χ1v) is 8.94. The highest BCUT2D eigenvalue weighted by molar-refractivity contribution is 7.16. The van der Waals surface area contributed by atoms with Crippen LogP contribution in [0.4, 0.5) is 0 Å². The number of carbonyl (C=O) groups is 2. The molecule has 0 saturated carbocycles. The Morgan fingerprint density at radius 3 is 2.73 bits per heavy atom. The fourth-order valence-corrected chi connectivity index (χ4v) is 3.65. The second-order valence-electron chi connectivity index (χ2n) is 5.35. The number of benzene rings is 2. The standard InChI is InChI=1S/C19H15ClN2O3S/c1-25-18(24)12-22-15-9-8-14(20)11-16(15)26-19(22)21-17(23)10-7-13-5-3-2-4-6-13/h2-11H,12H2,1H3. The maximum absolute atomic E-state index is 12.2. The molecule has 3 rings (SSSR count). The van der Waals surface area contributed by atoms with E-state index in [4.69, 9.17) is 16.3 Å². The molecule has 132 valence electrons. The Hall–Kier alpha value is -2.70. The van der Waals surface area contributed by atoms with Crippen LogP contribution in [0.2, 0.25) is 5.02 Å². The fourth-order valence-electron chi connectivity index (χ4n) is 2.34. The molecule has 0 aliphatic rings. The minimum atomic E-state index is -0.423. The number of hydrogen-bond donors (Lipinski definition) is 0. The lowest BCUT2D eigenvalue weighted by Crippen LogP contribution is -2.22. The highest BCUT2D eigenvalue weighted by atomic mass is 35.5. The molecule has 0 aliphatic heterocycles. The zero-order valence-corrected chi connectivity index (χ0v) is 15.5. The molecule has 1 amide bonds.